The van der Waals surface area contributed by atoms with Crippen LogP contribution in [0.1, 0.15) is 27.3 Å². The van der Waals surface area contributed by atoms with E-state index in [2.05, 4.69) is 10.3 Å². The van der Waals surface area contributed by atoms with Crippen LogP contribution in [0.15, 0.2) is 23.1 Å². The highest BCUT2D eigenvalue weighted by Gasteiger charge is 2.32. The quantitative estimate of drug-likeness (QED) is 0.831. The van der Waals surface area contributed by atoms with Crippen LogP contribution in [0.5, 0.6) is 0 Å². The Balaban J connectivity index is 1.92. The predicted octanol–water partition coefficient (Wildman–Crippen LogP) is 2.35. The molecule has 9 heteroatoms. The van der Waals surface area contributed by atoms with Crippen molar-refractivity contribution in [2.45, 2.75) is 25.7 Å². The molecule has 1 aromatic carbocycles. The number of aromatic amines is 1. The van der Waals surface area contributed by atoms with Crippen LogP contribution in [-0.2, 0) is 14.8 Å². The fourth-order valence-electron chi connectivity index (χ4n) is 3.21. The maximum absolute atomic E-state index is 13.2. The van der Waals surface area contributed by atoms with E-state index in [-0.39, 0.29) is 23.7 Å². The zero-order valence-electron chi connectivity index (χ0n) is 15.4. The molecule has 146 valence electrons. The smallest absolute Gasteiger partial charge is 0.272 e. The summed E-state index contributed by atoms with van der Waals surface area (Å²) in [6.07, 6.45) is 0. The van der Waals surface area contributed by atoms with Gasteiger partial charge in [-0.15, -0.1) is 0 Å². The number of rotatable bonds is 4. The topological polar surface area (TPSA) is 91.5 Å². The monoisotopic (exact) mass is 395 g/mol. The van der Waals surface area contributed by atoms with Crippen LogP contribution in [0.2, 0.25) is 0 Å². The number of anilines is 1. The fraction of sp³-hybridized carbons (Fsp3) is 0.389. The molecule has 0 atom stereocenters. The predicted molar refractivity (Wildman–Crippen MR) is 98.9 cm³/mol. The van der Waals surface area contributed by atoms with Gasteiger partial charge in [0.15, 0.2) is 0 Å². The molecule has 1 fully saturated rings. The molecule has 1 aliphatic heterocycles. The number of aryl methyl sites for hydroxylation is 2. The minimum atomic E-state index is -3.73. The van der Waals surface area contributed by atoms with Crippen molar-refractivity contribution in [2.24, 2.45) is 0 Å². The second kappa shape index (κ2) is 7.41. The molecule has 0 aliphatic carbocycles. The van der Waals surface area contributed by atoms with E-state index in [1.165, 1.54) is 22.5 Å². The first kappa shape index (κ1) is 19.5. The van der Waals surface area contributed by atoms with Gasteiger partial charge in [-0.05, 0) is 50.1 Å². The van der Waals surface area contributed by atoms with Gasteiger partial charge in [-0.2, -0.15) is 4.31 Å². The molecule has 1 amide bonds. The van der Waals surface area contributed by atoms with E-state index in [9.17, 15) is 17.6 Å². The van der Waals surface area contributed by atoms with E-state index >= 15 is 0 Å². The fourth-order valence-corrected chi connectivity index (χ4v) is 5.03. The lowest BCUT2D eigenvalue weighted by Gasteiger charge is -2.26. The third kappa shape index (κ3) is 3.76. The summed E-state index contributed by atoms with van der Waals surface area (Å²) in [6.45, 7) is 6.16. The van der Waals surface area contributed by atoms with Crippen molar-refractivity contribution in [3.05, 3.63) is 46.5 Å². The summed E-state index contributed by atoms with van der Waals surface area (Å²) in [5.41, 5.74) is 1.97. The number of morpholine rings is 1. The number of benzene rings is 1. The zero-order chi connectivity index (χ0) is 19.8. The minimum Gasteiger partial charge on any atom is -0.379 e. The summed E-state index contributed by atoms with van der Waals surface area (Å²) in [4.78, 5) is 15.7. The number of nitrogens with one attached hydrogen (secondary N) is 2. The molecule has 0 unspecified atom stereocenters. The van der Waals surface area contributed by atoms with E-state index in [1.54, 1.807) is 20.8 Å². The van der Waals surface area contributed by atoms with Gasteiger partial charge in [0.25, 0.3) is 5.91 Å². The van der Waals surface area contributed by atoms with E-state index < -0.39 is 21.7 Å². The molecular weight excluding hydrogens is 373 g/mol. The molecule has 3 rings (SSSR count). The normalized spacial score (nSPS) is 15.7. The van der Waals surface area contributed by atoms with Crippen LogP contribution >= 0.6 is 0 Å². The molecule has 1 aliphatic rings. The van der Waals surface area contributed by atoms with Gasteiger partial charge < -0.3 is 15.0 Å². The molecule has 27 heavy (non-hydrogen) atoms. The first-order valence-corrected chi connectivity index (χ1v) is 10.0. The van der Waals surface area contributed by atoms with Crippen molar-refractivity contribution in [1.29, 1.82) is 0 Å². The second-order valence-electron chi connectivity index (χ2n) is 6.51. The van der Waals surface area contributed by atoms with Gasteiger partial charge in [0.05, 0.1) is 13.2 Å². The van der Waals surface area contributed by atoms with Crippen LogP contribution in [0.4, 0.5) is 10.1 Å². The van der Waals surface area contributed by atoms with Crippen LogP contribution in [0.3, 0.4) is 0 Å². The standard InChI is InChI=1S/C18H22FN3O4S/c1-11-10-14(19)4-5-15(11)21-18(23)16-12(2)17(13(3)20-16)27(24,25)22-6-8-26-9-7-22/h4-5,10,20H,6-9H2,1-3H3,(H,21,23). The number of hydrogen-bond acceptors (Lipinski definition) is 4. The molecular formula is C18H22FN3O4S. The Hall–Kier alpha value is -2.23. The lowest BCUT2D eigenvalue weighted by Crippen LogP contribution is -2.40. The highest BCUT2D eigenvalue weighted by atomic mass is 32.2. The van der Waals surface area contributed by atoms with Crippen molar-refractivity contribution in [3.8, 4) is 0 Å². The highest BCUT2D eigenvalue weighted by Crippen LogP contribution is 2.28. The summed E-state index contributed by atoms with van der Waals surface area (Å²) in [5.74, 6) is -0.870. The Labute approximate surface area is 157 Å². The number of amides is 1. The molecule has 2 aromatic rings. The first-order valence-electron chi connectivity index (χ1n) is 8.56. The largest absolute Gasteiger partial charge is 0.379 e. The number of nitrogens with zero attached hydrogens (tertiary/aromatic N) is 1. The molecule has 1 aromatic heterocycles. The average molecular weight is 395 g/mol. The van der Waals surface area contributed by atoms with Gasteiger partial charge in [0, 0.05) is 24.5 Å². The van der Waals surface area contributed by atoms with Crippen molar-refractivity contribution >= 4 is 21.6 Å². The minimum absolute atomic E-state index is 0.116. The average Bonchev–Trinajstić information content (AvgIpc) is 2.93. The van der Waals surface area contributed by atoms with Crippen molar-refractivity contribution < 1.29 is 22.3 Å². The molecule has 2 heterocycles. The van der Waals surface area contributed by atoms with Crippen molar-refractivity contribution in [1.82, 2.24) is 9.29 Å². The van der Waals surface area contributed by atoms with Crippen molar-refractivity contribution in [2.75, 3.05) is 31.6 Å². The molecule has 0 bridgehead atoms. The first-order chi connectivity index (χ1) is 12.7. The third-order valence-electron chi connectivity index (χ3n) is 4.60. The number of H-pyrrole nitrogens is 1. The van der Waals surface area contributed by atoms with Crippen LogP contribution in [-0.4, -0.2) is 49.9 Å². The van der Waals surface area contributed by atoms with Gasteiger partial charge in [-0.1, -0.05) is 0 Å². The van der Waals surface area contributed by atoms with Crippen molar-refractivity contribution in [3.63, 3.8) is 0 Å². The lowest BCUT2D eigenvalue weighted by molar-refractivity contribution is 0.0730. The molecule has 0 spiro atoms. The van der Waals surface area contributed by atoms with E-state index in [1.807, 2.05) is 0 Å². The Kier molecular flexibility index (Phi) is 5.36. The molecule has 1 saturated heterocycles. The Morgan fingerprint density at radius 3 is 2.52 bits per heavy atom. The van der Waals surface area contributed by atoms with E-state index in [0.717, 1.165) is 0 Å². The number of hydrogen-bond donors (Lipinski definition) is 2. The summed E-state index contributed by atoms with van der Waals surface area (Å²) < 4.78 is 45.8. The highest BCUT2D eigenvalue weighted by molar-refractivity contribution is 7.89. The maximum atomic E-state index is 13.2. The summed E-state index contributed by atoms with van der Waals surface area (Å²) >= 11 is 0. The van der Waals surface area contributed by atoms with Gasteiger partial charge in [0.1, 0.15) is 16.4 Å². The Morgan fingerprint density at radius 2 is 1.89 bits per heavy atom. The summed E-state index contributed by atoms with van der Waals surface area (Å²) in [5, 5.41) is 2.70. The van der Waals surface area contributed by atoms with Gasteiger partial charge in [-0.25, -0.2) is 12.8 Å². The van der Waals surface area contributed by atoms with Crippen LogP contribution < -0.4 is 5.32 Å². The van der Waals surface area contributed by atoms with E-state index in [4.69, 9.17) is 4.74 Å². The van der Waals surface area contributed by atoms with Gasteiger partial charge in [-0.3, -0.25) is 4.79 Å². The van der Waals surface area contributed by atoms with Crippen LogP contribution in [0, 0.1) is 26.6 Å². The Bertz CT molecular complexity index is 979. The van der Waals surface area contributed by atoms with Gasteiger partial charge in [0.2, 0.25) is 10.0 Å². The zero-order valence-corrected chi connectivity index (χ0v) is 16.2. The van der Waals surface area contributed by atoms with Gasteiger partial charge >= 0.3 is 0 Å². The molecule has 0 radical (unpaired) electrons. The van der Waals surface area contributed by atoms with Crippen LogP contribution in [0.25, 0.3) is 0 Å². The molecule has 0 saturated carbocycles. The maximum Gasteiger partial charge on any atom is 0.272 e. The summed E-state index contributed by atoms with van der Waals surface area (Å²) in [7, 11) is -3.73. The number of carbonyl (C=O) groups is 1. The number of sulfonamides is 1. The number of carbonyl (C=O) groups excluding carboxylic acids is 1. The summed E-state index contributed by atoms with van der Waals surface area (Å²) in [6, 6.07) is 4.04. The molecule has 2 N–H and O–H groups in total. The second-order valence-corrected chi connectivity index (χ2v) is 8.38. The SMILES string of the molecule is Cc1cc(F)ccc1NC(=O)c1[nH]c(C)c(S(=O)(=O)N2CCOCC2)c1C. The van der Waals surface area contributed by atoms with E-state index in [0.29, 0.717) is 35.7 Å². The third-order valence-corrected chi connectivity index (χ3v) is 6.77. The molecule has 7 nitrogen and oxygen atoms in total. The number of halogens is 1. The Morgan fingerprint density at radius 1 is 1.22 bits per heavy atom. The number of aromatic nitrogens is 1. The lowest BCUT2D eigenvalue weighted by atomic mass is 10.2. The number of ether oxygens (including phenoxy) is 1.